The van der Waals surface area contributed by atoms with Crippen molar-refractivity contribution in [1.29, 1.82) is 10.8 Å². The minimum absolute atomic E-state index is 0.0119. The second kappa shape index (κ2) is 59.9. The van der Waals surface area contributed by atoms with Crippen LogP contribution in [-0.4, -0.2) is 284 Å². The summed E-state index contributed by atoms with van der Waals surface area (Å²) >= 11 is 0. The standard InChI is InChI=1S/C88H141N29O20/c1-48(2)40-64(80(130)110-62(31-32-70(94)119)79(129)114-66(42-52-45-102-57-20-6-5-18-55(52)57)82(132)116-68(43-53-46-99-47-103-53)85(135)117-39-17-26-69(117)84(134)115-67(44-71(120)121)83(133)111-63(86(136)137)23-10-14-36-92)112-72(122)49(3)105-76(126)59(22-9-13-35-91)107-77(127)60(24-15-37-100-87(95)96)108-78(128)61(25-16-38-101-88(97)98)109-81(131)65(41-51-27-29-54(118)30-28-51)113-73(123)50(4)104-75(125)58(21-8-12-34-90)106-74(124)56(93)19-7-11-33-89/h5-6,18,20,27-30,45-50,56,58-69,102,118H,7-17,19,21-26,31-44,89-93H2,1-4H3,(H2,94,119)(H,99,103)(H,104,125)(H,105,126)(H,106,124)(H,107,127)(H,108,128)(H,109,131)(H,110,130)(H,111,133)(H,112,122)(H,113,123)(H,114,129)(H,115,134)(H,116,132)(H,120,121)(H,136,137)(H4,95,96,100)(H4,97,98,101)/t49-,50-,56-,58-,59-,60-,61-,62-,63-,64-,65-,66-,67-,68-,69-/m0/s1. The molecule has 4 aromatic rings. The van der Waals surface area contributed by atoms with Gasteiger partial charge < -0.3 is 156 Å². The van der Waals surface area contributed by atoms with E-state index in [0.717, 1.165) is 4.90 Å². The maximum absolute atomic E-state index is 15.2. The van der Waals surface area contributed by atoms with E-state index in [-0.39, 0.29) is 147 Å². The Hall–Kier alpha value is -13.7. The molecule has 2 aromatic carbocycles. The van der Waals surface area contributed by atoms with Crippen LogP contribution in [0, 0.1) is 16.7 Å². The van der Waals surface area contributed by atoms with Crippen molar-refractivity contribution >= 4 is 123 Å². The minimum Gasteiger partial charge on any atom is -0.508 e. The van der Waals surface area contributed by atoms with Gasteiger partial charge in [-0.1, -0.05) is 50.6 Å². The number of para-hydroxylation sites is 1. The number of hydrogen-bond donors (Lipinski definition) is 30. The van der Waals surface area contributed by atoms with E-state index >= 15 is 14.4 Å². The fourth-order valence-corrected chi connectivity index (χ4v) is 15.1. The molecule has 49 heteroatoms. The number of aromatic hydroxyl groups is 1. The summed E-state index contributed by atoms with van der Waals surface area (Å²) in [6, 6.07) is -9.71. The molecule has 1 aliphatic heterocycles. The van der Waals surface area contributed by atoms with Crippen molar-refractivity contribution in [2.45, 2.75) is 279 Å². The Morgan fingerprint density at radius 2 is 0.883 bits per heavy atom. The van der Waals surface area contributed by atoms with Crippen LogP contribution in [0.1, 0.15) is 186 Å². The third-order valence-corrected chi connectivity index (χ3v) is 22.6. The summed E-state index contributed by atoms with van der Waals surface area (Å²) in [4.78, 5) is 251. The zero-order valence-electron chi connectivity index (χ0n) is 78.0. The number of H-pyrrole nitrogens is 2. The smallest absolute Gasteiger partial charge is 0.326 e. The highest BCUT2D eigenvalue weighted by molar-refractivity contribution is 6.02. The first-order chi connectivity index (χ1) is 65.2. The number of carboxylic acids is 2. The summed E-state index contributed by atoms with van der Waals surface area (Å²) in [7, 11) is 0. The van der Waals surface area contributed by atoms with Crippen LogP contribution in [0.15, 0.2) is 67.3 Å². The number of fused-ring (bicyclic) bond motifs is 1. The zero-order chi connectivity index (χ0) is 101. The summed E-state index contributed by atoms with van der Waals surface area (Å²) in [5.74, 6) is -18.3. The second-order valence-electron chi connectivity index (χ2n) is 34.3. The molecule has 0 bridgehead atoms. The van der Waals surface area contributed by atoms with Gasteiger partial charge in [-0.2, -0.15) is 0 Å². The number of imidazole rings is 1. The number of nitrogens with two attached hydrogens (primary N) is 8. The largest absolute Gasteiger partial charge is 0.508 e. The van der Waals surface area contributed by atoms with Crippen LogP contribution in [0.2, 0.25) is 0 Å². The number of phenolic OH excluding ortho intramolecular Hbond substituents is 1. The molecule has 0 aliphatic carbocycles. The van der Waals surface area contributed by atoms with Gasteiger partial charge in [0.05, 0.1) is 18.8 Å². The number of nitrogens with zero attached hydrogens (tertiary/aromatic N) is 2. The number of amides is 15. The average molecular weight is 1930 g/mol. The molecule has 15 amide bonds. The molecule has 0 radical (unpaired) electrons. The maximum Gasteiger partial charge on any atom is 0.326 e. The van der Waals surface area contributed by atoms with Gasteiger partial charge in [-0.3, -0.25) is 87.5 Å². The fourth-order valence-electron chi connectivity index (χ4n) is 15.1. The fraction of sp³-hybridized carbons (Fsp3) is 0.591. The van der Waals surface area contributed by atoms with Crippen LogP contribution in [0.4, 0.5) is 0 Å². The summed E-state index contributed by atoms with van der Waals surface area (Å²) in [6.45, 7) is 6.93. The first-order valence-electron chi connectivity index (χ1n) is 46.2. The Morgan fingerprint density at radius 1 is 0.460 bits per heavy atom. The molecule has 1 saturated heterocycles. The van der Waals surface area contributed by atoms with E-state index in [1.54, 1.807) is 44.3 Å². The van der Waals surface area contributed by atoms with E-state index in [9.17, 15) is 82.4 Å². The molecule has 1 aliphatic rings. The van der Waals surface area contributed by atoms with Crippen LogP contribution < -0.4 is 126 Å². The molecular weight excluding hydrogens is 1780 g/mol. The molecule has 49 nitrogen and oxygen atoms in total. The van der Waals surface area contributed by atoms with Crippen LogP contribution in [-0.2, 0) is 101 Å². The first-order valence-corrected chi connectivity index (χ1v) is 46.2. The Balaban J connectivity index is 1.41. The average Bonchev–Trinajstić information content (AvgIpc) is 1.66. The van der Waals surface area contributed by atoms with Gasteiger partial charge in [0.25, 0.3) is 0 Å². The van der Waals surface area contributed by atoms with E-state index in [4.69, 9.17) is 56.7 Å². The van der Waals surface area contributed by atoms with Crippen LogP contribution >= 0.6 is 0 Å². The molecule has 3 heterocycles. The van der Waals surface area contributed by atoms with Gasteiger partial charge in [0, 0.05) is 74.3 Å². The SMILES string of the molecule is CC(C)C[C@H](NC(=O)[C@H](C)NC(=O)[C@H](CCCCN)NC(=O)[C@H](CCCNC(=N)N)NC(=O)[C@H](CCCNC(=N)N)NC(=O)[C@H](Cc1ccc(O)cc1)NC(=O)[C@H](C)NC(=O)[C@H](CCCCN)NC(=O)[C@@H](N)CCCCN)C(=O)N[C@@H](CCC(N)=O)C(=O)N[C@@H](Cc1c[nH]c2ccccc12)C(=O)N[C@@H](Cc1cnc[nH]1)C(=O)N1CCC[C@H]1C(=O)N[C@@H](CC(=O)O)C(=O)N[C@@H](CCCCN)C(=O)O. The molecule has 38 N–H and O–H groups in total. The summed E-state index contributed by atoms with van der Waals surface area (Å²) < 4.78 is 0. The van der Waals surface area contributed by atoms with Gasteiger partial charge in [0.15, 0.2) is 11.9 Å². The topological polar surface area (TPSA) is 835 Å². The number of carbonyl (C=O) groups excluding carboxylic acids is 15. The number of guanidine groups is 2. The number of aromatic nitrogens is 3. The van der Waals surface area contributed by atoms with Crippen molar-refractivity contribution in [3.63, 3.8) is 0 Å². The van der Waals surface area contributed by atoms with Gasteiger partial charge in [-0.25, -0.2) is 9.78 Å². The Bertz CT molecular complexity index is 4670. The maximum atomic E-state index is 15.2. The van der Waals surface area contributed by atoms with E-state index in [0.29, 0.717) is 79.2 Å². The predicted octanol–water partition coefficient (Wildman–Crippen LogP) is -5.80. The summed E-state index contributed by atoms with van der Waals surface area (Å²) in [5.41, 5.74) is 47.6. The number of rotatable bonds is 65. The summed E-state index contributed by atoms with van der Waals surface area (Å²) in [5, 5.41) is 85.1. The number of phenols is 1. The molecule has 0 spiro atoms. The Kier molecular flexibility index (Phi) is 49.8. The number of nitrogens with one attached hydrogen (secondary N) is 19. The second-order valence-corrected chi connectivity index (χ2v) is 34.3. The van der Waals surface area contributed by atoms with Crippen molar-refractivity contribution < 1.29 is 96.8 Å². The quantitative estimate of drug-likeness (QED) is 0.0111. The number of aromatic amines is 2. The monoisotopic (exact) mass is 1920 g/mol. The van der Waals surface area contributed by atoms with Crippen LogP contribution in [0.3, 0.4) is 0 Å². The number of hydrogen-bond acceptors (Lipinski definition) is 26. The van der Waals surface area contributed by atoms with Crippen molar-refractivity contribution in [3.8, 4) is 5.75 Å². The van der Waals surface area contributed by atoms with Crippen LogP contribution in [0.5, 0.6) is 5.75 Å². The Labute approximate surface area is 793 Å². The van der Waals surface area contributed by atoms with Crippen LogP contribution in [0.25, 0.3) is 10.9 Å². The van der Waals surface area contributed by atoms with Crippen molar-refractivity contribution in [3.05, 3.63) is 84.1 Å². The molecule has 137 heavy (non-hydrogen) atoms. The van der Waals surface area contributed by atoms with Gasteiger partial charge in [0.1, 0.15) is 90.3 Å². The highest BCUT2D eigenvalue weighted by Gasteiger charge is 2.43. The van der Waals surface area contributed by atoms with E-state index < -0.39 is 222 Å². The lowest BCUT2D eigenvalue weighted by atomic mass is 10.0. The third-order valence-electron chi connectivity index (χ3n) is 22.6. The number of benzene rings is 2. The van der Waals surface area contributed by atoms with E-state index in [2.05, 4.69) is 94.7 Å². The molecule has 758 valence electrons. The van der Waals surface area contributed by atoms with Crippen molar-refractivity contribution in [1.82, 2.24) is 99.6 Å². The van der Waals surface area contributed by atoms with Crippen molar-refractivity contribution in [2.75, 3.05) is 45.8 Å². The van der Waals surface area contributed by atoms with E-state index in [1.165, 1.54) is 50.6 Å². The zero-order valence-corrected chi connectivity index (χ0v) is 78.0. The number of unbranched alkanes of at least 4 members (excludes halogenated alkanes) is 4. The van der Waals surface area contributed by atoms with Gasteiger partial charge in [-0.05, 0) is 197 Å². The lowest BCUT2D eigenvalue weighted by molar-refractivity contribution is -0.145. The molecule has 0 unspecified atom stereocenters. The predicted molar refractivity (Wildman–Crippen MR) is 503 cm³/mol. The third kappa shape index (κ3) is 40.8. The molecular formula is C88H141N29O20. The van der Waals surface area contributed by atoms with Gasteiger partial charge >= 0.3 is 11.9 Å². The number of carbonyl (C=O) groups is 17. The molecule has 0 saturated carbocycles. The summed E-state index contributed by atoms with van der Waals surface area (Å²) in [6.07, 6.45) is 4.57. The number of aliphatic carboxylic acids is 2. The minimum atomic E-state index is -1.81. The lowest BCUT2D eigenvalue weighted by Crippen LogP contribution is -2.61. The van der Waals surface area contributed by atoms with Gasteiger partial charge in [-0.15, -0.1) is 0 Å². The number of primary amides is 1. The molecule has 15 atom stereocenters. The first kappa shape index (κ1) is 114. The number of likely N-dealkylation sites (tertiary alicyclic amines) is 1. The molecule has 2 aromatic heterocycles. The highest BCUT2D eigenvalue weighted by Crippen LogP contribution is 2.24. The van der Waals surface area contributed by atoms with Gasteiger partial charge in [0.2, 0.25) is 88.6 Å². The van der Waals surface area contributed by atoms with Crippen molar-refractivity contribution in [2.24, 2.45) is 51.8 Å². The highest BCUT2D eigenvalue weighted by atomic mass is 16.4. The number of carboxylic acid groups (broad SMARTS) is 2. The normalized spacial score (nSPS) is 15.4. The van der Waals surface area contributed by atoms with E-state index in [1.807, 2.05) is 0 Å². The molecule has 5 rings (SSSR count). The Morgan fingerprint density at radius 3 is 1.36 bits per heavy atom. The lowest BCUT2D eigenvalue weighted by Gasteiger charge is -2.31. The molecule has 1 fully saturated rings.